The minimum Gasteiger partial charge on any atom is -0.382 e. The third-order valence-electron chi connectivity index (χ3n) is 4.57. The fourth-order valence-electron chi connectivity index (χ4n) is 2.88. The molecule has 7 heteroatoms. The summed E-state index contributed by atoms with van der Waals surface area (Å²) in [6.07, 6.45) is 0.669. The molecule has 0 spiro atoms. The van der Waals surface area contributed by atoms with Gasteiger partial charge in [0, 0.05) is 25.6 Å². The van der Waals surface area contributed by atoms with Gasteiger partial charge in [0.15, 0.2) is 0 Å². The molecule has 1 saturated heterocycles. The van der Waals surface area contributed by atoms with E-state index >= 15 is 0 Å². The standard InChI is InChI=1S/C18H25N3O4/c19-14(16(22)17(23)20-13-6-7-13)10-21-9-8-15(18(21)24)25-11-12-4-2-1-3-5-12/h1-5,13-16,22H,6-11,19H2,(H,20,23)/t14-,15?,16?/m0/s1. The van der Waals surface area contributed by atoms with Crippen LogP contribution in [0.1, 0.15) is 24.8 Å². The summed E-state index contributed by atoms with van der Waals surface area (Å²) in [6.45, 7) is 1.04. The Kier molecular flexibility index (Phi) is 5.67. The van der Waals surface area contributed by atoms with E-state index < -0.39 is 24.2 Å². The summed E-state index contributed by atoms with van der Waals surface area (Å²) in [5, 5.41) is 12.7. The predicted molar refractivity (Wildman–Crippen MR) is 91.4 cm³/mol. The molecule has 1 heterocycles. The van der Waals surface area contributed by atoms with Gasteiger partial charge in [-0.05, 0) is 18.4 Å². The van der Waals surface area contributed by atoms with Crippen LogP contribution in [-0.4, -0.2) is 59.2 Å². The quantitative estimate of drug-likeness (QED) is 0.603. The zero-order chi connectivity index (χ0) is 17.8. The fraction of sp³-hybridized carbons (Fsp3) is 0.556. The number of rotatable bonds is 8. The van der Waals surface area contributed by atoms with Crippen LogP contribution >= 0.6 is 0 Å². The zero-order valence-corrected chi connectivity index (χ0v) is 14.1. The van der Waals surface area contributed by atoms with E-state index in [2.05, 4.69) is 5.32 Å². The van der Waals surface area contributed by atoms with E-state index in [-0.39, 0.29) is 18.5 Å². The van der Waals surface area contributed by atoms with Gasteiger partial charge in [0.1, 0.15) is 12.2 Å². The van der Waals surface area contributed by atoms with Gasteiger partial charge in [-0.15, -0.1) is 0 Å². The van der Waals surface area contributed by atoms with Crippen LogP contribution in [0.25, 0.3) is 0 Å². The van der Waals surface area contributed by atoms with Crippen LogP contribution in [0.4, 0.5) is 0 Å². The number of carbonyl (C=O) groups excluding carboxylic acids is 2. The van der Waals surface area contributed by atoms with Crippen LogP contribution in [0.2, 0.25) is 0 Å². The molecular weight excluding hydrogens is 322 g/mol. The normalized spacial score (nSPS) is 22.7. The summed E-state index contributed by atoms with van der Waals surface area (Å²) in [5.41, 5.74) is 6.93. The number of carbonyl (C=O) groups is 2. The molecular formula is C18H25N3O4. The lowest BCUT2D eigenvalue weighted by molar-refractivity contribution is -0.139. The van der Waals surface area contributed by atoms with Crippen LogP contribution in [-0.2, 0) is 20.9 Å². The van der Waals surface area contributed by atoms with E-state index in [1.807, 2.05) is 30.3 Å². The van der Waals surface area contributed by atoms with Crippen LogP contribution < -0.4 is 11.1 Å². The van der Waals surface area contributed by atoms with Crippen LogP contribution in [0, 0.1) is 0 Å². The van der Waals surface area contributed by atoms with Crippen molar-refractivity contribution in [1.29, 1.82) is 0 Å². The topological polar surface area (TPSA) is 105 Å². The number of ether oxygens (including phenoxy) is 1. The highest BCUT2D eigenvalue weighted by atomic mass is 16.5. The van der Waals surface area contributed by atoms with Gasteiger partial charge < -0.3 is 25.8 Å². The third-order valence-corrected chi connectivity index (χ3v) is 4.57. The SMILES string of the molecule is N[C@@H](CN1CCC(OCc2ccccc2)C1=O)C(O)C(=O)NC1CC1. The number of hydrogen-bond acceptors (Lipinski definition) is 5. The molecule has 1 aromatic carbocycles. The number of amides is 2. The molecule has 1 aliphatic carbocycles. The van der Waals surface area contributed by atoms with E-state index in [9.17, 15) is 14.7 Å². The van der Waals surface area contributed by atoms with Crippen molar-refractivity contribution < 1.29 is 19.4 Å². The summed E-state index contributed by atoms with van der Waals surface area (Å²) in [4.78, 5) is 25.8. The lowest BCUT2D eigenvalue weighted by atomic mass is 10.1. The number of aliphatic hydroxyl groups excluding tert-OH is 1. The average molecular weight is 347 g/mol. The van der Waals surface area contributed by atoms with Crippen molar-refractivity contribution in [2.45, 2.75) is 50.2 Å². The Bertz CT molecular complexity index is 606. The van der Waals surface area contributed by atoms with Gasteiger partial charge in [0.2, 0.25) is 0 Å². The van der Waals surface area contributed by atoms with Crippen molar-refractivity contribution >= 4 is 11.8 Å². The summed E-state index contributed by atoms with van der Waals surface area (Å²) >= 11 is 0. The number of aliphatic hydroxyl groups is 1. The molecule has 0 radical (unpaired) electrons. The molecule has 1 saturated carbocycles. The van der Waals surface area contributed by atoms with E-state index in [1.165, 1.54) is 0 Å². The predicted octanol–water partition coefficient (Wildman–Crippen LogP) is -0.229. The fourth-order valence-corrected chi connectivity index (χ4v) is 2.88. The van der Waals surface area contributed by atoms with Gasteiger partial charge in [0.25, 0.3) is 11.8 Å². The maximum Gasteiger partial charge on any atom is 0.251 e. The molecule has 3 rings (SSSR count). The van der Waals surface area contributed by atoms with E-state index in [1.54, 1.807) is 4.90 Å². The molecule has 136 valence electrons. The second kappa shape index (κ2) is 7.95. The first kappa shape index (κ1) is 17.8. The lowest BCUT2D eigenvalue weighted by Gasteiger charge is -2.24. The maximum absolute atomic E-state index is 12.4. The highest BCUT2D eigenvalue weighted by molar-refractivity contribution is 5.84. The molecule has 4 N–H and O–H groups in total. The van der Waals surface area contributed by atoms with Gasteiger partial charge in [-0.25, -0.2) is 0 Å². The first-order chi connectivity index (χ1) is 12.0. The highest BCUT2D eigenvalue weighted by Gasteiger charge is 2.36. The summed E-state index contributed by atoms with van der Waals surface area (Å²) in [7, 11) is 0. The second-order valence-corrected chi connectivity index (χ2v) is 6.75. The van der Waals surface area contributed by atoms with E-state index in [0.29, 0.717) is 19.6 Å². The molecule has 2 amide bonds. The molecule has 25 heavy (non-hydrogen) atoms. The molecule has 7 nitrogen and oxygen atoms in total. The Morgan fingerprint density at radius 2 is 2.04 bits per heavy atom. The lowest BCUT2D eigenvalue weighted by Crippen LogP contribution is -2.52. The largest absolute Gasteiger partial charge is 0.382 e. The number of nitrogens with two attached hydrogens (primary N) is 1. The van der Waals surface area contributed by atoms with Crippen molar-refractivity contribution in [3.05, 3.63) is 35.9 Å². The number of likely N-dealkylation sites (tertiary alicyclic amines) is 1. The van der Waals surface area contributed by atoms with Crippen molar-refractivity contribution in [2.75, 3.05) is 13.1 Å². The number of nitrogens with one attached hydrogen (secondary N) is 1. The van der Waals surface area contributed by atoms with Crippen molar-refractivity contribution in [3.63, 3.8) is 0 Å². The van der Waals surface area contributed by atoms with Gasteiger partial charge in [-0.1, -0.05) is 30.3 Å². The summed E-state index contributed by atoms with van der Waals surface area (Å²) < 4.78 is 5.71. The first-order valence-electron chi connectivity index (χ1n) is 8.73. The monoisotopic (exact) mass is 347 g/mol. The minimum absolute atomic E-state index is 0.138. The van der Waals surface area contributed by atoms with Crippen molar-refractivity contribution in [3.8, 4) is 0 Å². The smallest absolute Gasteiger partial charge is 0.251 e. The summed E-state index contributed by atoms with van der Waals surface area (Å²) in [5.74, 6) is -0.597. The molecule has 1 aromatic rings. The van der Waals surface area contributed by atoms with Gasteiger partial charge >= 0.3 is 0 Å². The highest BCUT2D eigenvalue weighted by Crippen LogP contribution is 2.19. The molecule has 0 aromatic heterocycles. The average Bonchev–Trinajstić information content (AvgIpc) is 3.37. The van der Waals surface area contributed by atoms with Crippen LogP contribution in [0.3, 0.4) is 0 Å². The second-order valence-electron chi connectivity index (χ2n) is 6.75. The number of hydrogen-bond donors (Lipinski definition) is 3. The van der Waals surface area contributed by atoms with Crippen molar-refractivity contribution in [1.82, 2.24) is 10.2 Å². The number of nitrogens with zero attached hydrogens (tertiary/aromatic N) is 1. The molecule has 1 aliphatic heterocycles. The molecule has 0 bridgehead atoms. The molecule has 2 aliphatic rings. The Morgan fingerprint density at radius 1 is 1.32 bits per heavy atom. The third kappa shape index (κ3) is 4.78. The van der Waals surface area contributed by atoms with Gasteiger partial charge in [0.05, 0.1) is 12.6 Å². The molecule has 2 fully saturated rings. The zero-order valence-electron chi connectivity index (χ0n) is 14.1. The van der Waals surface area contributed by atoms with Crippen molar-refractivity contribution in [2.24, 2.45) is 5.73 Å². The number of benzene rings is 1. The Hall–Kier alpha value is -1.96. The minimum atomic E-state index is -1.31. The Labute approximate surface area is 147 Å². The van der Waals surface area contributed by atoms with Crippen LogP contribution in [0.15, 0.2) is 30.3 Å². The van der Waals surface area contributed by atoms with Gasteiger partial charge in [-0.3, -0.25) is 9.59 Å². The Morgan fingerprint density at radius 3 is 2.72 bits per heavy atom. The molecule has 2 unspecified atom stereocenters. The first-order valence-corrected chi connectivity index (χ1v) is 8.73. The maximum atomic E-state index is 12.4. The summed E-state index contributed by atoms with van der Waals surface area (Å²) in [6, 6.07) is 9.03. The van der Waals surface area contributed by atoms with Gasteiger partial charge in [-0.2, -0.15) is 0 Å². The van der Waals surface area contributed by atoms with Crippen LogP contribution in [0.5, 0.6) is 0 Å². The van der Waals surface area contributed by atoms with E-state index in [0.717, 1.165) is 18.4 Å². The Balaban J connectivity index is 1.45. The molecule has 3 atom stereocenters. The van der Waals surface area contributed by atoms with E-state index in [4.69, 9.17) is 10.5 Å².